The molecule has 1 aliphatic rings. The zero-order chi connectivity index (χ0) is 13.9. The van der Waals surface area contributed by atoms with Gasteiger partial charge in [-0.2, -0.15) is 0 Å². The Kier molecular flexibility index (Phi) is 4.29. The molecule has 1 N–H and O–H groups in total. The summed E-state index contributed by atoms with van der Waals surface area (Å²) in [7, 11) is -1.22. The summed E-state index contributed by atoms with van der Waals surface area (Å²) in [5.41, 5.74) is 1.46. The number of para-hydroxylation sites is 2. The van der Waals surface area contributed by atoms with Gasteiger partial charge in [0, 0.05) is 11.8 Å². The quantitative estimate of drug-likeness (QED) is 0.946. The Morgan fingerprint density at radius 2 is 2.00 bits per heavy atom. The van der Waals surface area contributed by atoms with Crippen LogP contribution in [0.3, 0.4) is 0 Å². The average Bonchev–Trinajstić information content (AvgIpc) is 2.47. The number of hydrogen-bond donors (Lipinski definition) is 1. The lowest BCUT2D eigenvalue weighted by atomic mass is 10.1. The van der Waals surface area contributed by atoms with E-state index in [-0.39, 0.29) is 11.2 Å². The minimum Gasteiger partial charge on any atom is -0.313 e. The van der Waals surface area contributed by atoms with Crippen LogP contribution in [0, 0.1) is 0 Å². The summed E-state index contributed by atoms with van der Waals surface area (Å²) in [4.78, 5) is 8.70. The molecule has 3 rings (SSSR count). The summed E-state index contributed by atoms with van der Waals surface area (Å²) < 4.78 is 12.5. The van der Waals surface area contributed by atoms with E-state index < -0.39 is 10.8 Å². The molecule has 0 saturated carbocycles. The van der Waals surface area contributed by atoms with E-state index in [0.717, 1.165) is 24.0 Å². The van der Waals surface area contributed by atoms with E-state index in [9.17, 15) is 4.21 Å². The molecule has 1 saturated heterocycles. The van der Waals surface area contributed by atoms with Crippen LogP contribution in [-0.4, -0.2) is 32.5 Å². The number of piperidine rings is 1. The summed E-state index contributed by atoms with van der Waals surface area (Å²) in [6, 6.07) is 7.77. The average molecular weight is 310 g/mol. The normalized spacial score (nSPS) is 20.9. The summed E-state index contributed by atoms with van der Waals surface area (Å²) >= 11 is 6.13. The maximum atomic E-state index is 12.5. The molecule has 0 aliphatic carbocycles. The molecule has 1 fully saturated rings. The predicted octanol–water partition coefficient (Wildman–Crippen LogP) is 2.53. The molecular formula is C14H16ClN3OS. The van der Waals surface area contributed by atoms with Crippen LogP contribution in [0.25, 0.3) is 11.0 Å². The van der Waals surface area contributed by atoms with Gasteiger partial charge in [-0.3, -0.25) is 4.21 Å². The number of rotatable bonds is 3. The third-order valence-electron chi connectivity index (χ3n) is 3.48. The highest BCUT2D eigenvalue weighted by molar-refractivity contribution is 7.85. The smallest absolute Gasteiger partial charge is 0.165 e. The SMILES string of the molecule is O=S(CC1CCCCN1)c1nc2ccccc2nc1Cl. The van der Waals surface area contributed by atoms with E-state index in [1.165, 1.54) is 12.8 Å². The van der Waals surface area contributed by atoms with Crippen LogP contribution >= 0.6 is 11.6 Å². The number of nitrogens with zero attached hydrogens (tertiary/aromatic N) is 2. The first-order chi connectivity index (χ1) is 9.74. The van der Waals surface area contributed by atoms with Gasteiger partial charge >= 0.3 is 0 Å². The fraction of sp³-hybridized carbons (Fsp3) is 0.429. The van der Waals surface area contributed by atoms with Crippen molar-refractivity contribution in [1.82, 2.24) is 15.3 Å². The second-order valence-corrected chi connectivity index (χ2v) is 6.74. The van der Waals surface area contributed by atoms with Crippen LogP contribution in [-0.2, 0) is 10.8 Å². The summed E-state index contributed by atoms with van der Waals surface area (Å²) in [5.74, 6) is 0.548. The lowest BCUT2D eigenvalue weighted by molar-refractivity contribution is 0.427. The molecule has 1 aromatic heterocycles. The highest BCUT2D eigenvalue weighted by Crippen LogP contribution is 2.21. The van der Waals surface area contributed by atoms with Gasteiger partial charge in [-0.15, -0.1) is 0 Å². The molecule has 6 heteroatoms. The second kappa shape index (κ2) is 6.16. The standard InChI is InChI=1S/C14H16ClN3OS/c15-13-14(18-12-7-2-1-6-11(12)17-13)20(19)9-10-5-3-4-8-16-10/h1-2,6-7,10,16H,3-5,8-9H2. The molecule has 2 heterocycles. The zero-order valence-electron chi connectivity index (χ0n) is 11.0. The van der Waals surface area contributed by atoms with E-state index >= 15 is 0 Å². The van der Waals surface area contributed by atoms with Gasteiger partial charge in [-0.1, -0.05) is 30.2 Å². The van der Waals surface area contributed by atoms with Crippen LogP contribution in [0.2, 0.25) is 5.15 Å². The third kappa shape index (κ3) is 3.00. The van der Waals surface area contributed by atoms with Gasteiger partial charge in [0.15, 0.2) is 10.2 Å². The Balaban J connectivity index is 1.84. The topological polar surface area (TPSA) is 54.9 Å². The molecule has 20 heavy (non-hydrogen) atoms. The molecule has 2 atom stereocenters. The zero-order valence-corrected chi connectivity index (χ0v) is 12.6. The van der Waals surface area contributed by atoms with Crippen LogP contribution in [0.5, 0.6) is 0 Å². The number of hydrogen-bond acceptors (Lipinski definition) is 4. The van der Waals surface area contributed by atoms with Crippen LogP contribution < -0.4 is 5.32 Å². The Morgan fingerprint density at radius 1 is 1.25 bits per heavy atom. The van der Waals surface area contributed by atoms with Crippen molar-refractivity contribution in [3.63, 3.8) is 0 Å². The molecular weight excluding hydrogens is 294 g/mol. The molecule has 1 aliphatic heterocycles. The van der Waals surface area contributed by atoms with Gasteiger partial charge in [0.25, 0.3) is 0 Å². The molecule has 1 aromatic carbocycles. The lowest BCUT2D eigenvalue weighted by Crippen LogP contribution is -2.38. The van der Waals surface area contributed by atoms with E-state index in [0.29, 0.717) is 10.8 Å². The highest BCUT2D eigenvalue weighted by Gasteiger charge is 2.20. The van der Waals surface area contributed by atoms with Crippen molar-refractivity contribution in [1.29, 1.82) is 0 Å². The fourth-order valence-electron chi connectivity index (χ4n) is 2.44. The van der Waals surface area contributed by atoms with Gasteiger partial charge in [-0.05, 0) is 31.5 Å². The van der Waals surface area contributed by atoms with E-state index in [1.54, 1.807) is 0 Å². The molecule has 2 unspecified atom stereocenters. The van der Waals surface area contributed by atoms with E-state index in [2.05, 4.69) is 15.3 Å². The van der Waals surface area contributed by atoms with Gasteiger partial charge in [0.2, 0.25) is 0 Å². The van der Waals surface area contributed by atoms with E-state index in [1.807, 2.05) is 24.3 Å². The van der Waals surface area contributed by atoms with Crippen molar-refractivity contribution in [2.75, 3.05) is 12.3 Å². The molecule has 0 radical (unpaired) electrons. The molecule has 2 aromatic rings. The minimum atomic E-state index is -1.22. The Bertz CT molecular complexity index is 643. The van der Waals surface area contributed by atoms with Gasteiger partial charge in [-0.25, -0.2) is 9.97 Å². The summed E-state index contributed by atoms with van der Waals surface area (Å²) in [5, 5.41) is 4.04. The number of benzene rings is 1. The maximum Gasteiger partial charge on any atom is 0.165 e. The third-order valence-corrected chi connectivity index (χ3v) is 5.28. The molecule has 106 valence electrons. The Morgan fingerprint density at radius 3 is 2.70 bits per heavy atom. The first-order valence-electron chi connectivity index (χ1n) is 6.78. The van der Waals surface area contributed by atoms with Crippen LogP contribution in [0.1, 0.15) is 19.3 Å². The molecule has 4 nitrogen and oxygen atoms in total. The largest absolute Gasteiger partial charge is 0.313 e. The lowest BCUT2D eigenvalue weighted by Gasteiger charge is -2.22. The van der Waals surface area contributed by atoms with E-state index in [4.69, 9.17) is 11.6 Å². The highest BCUT2D eigenvalue weighted by atomic mass is 35.5. The van der Waals surface area contributed by atoms with Crippen molar-refractivity contribution in [2.45, 2.75) is 30.3 Å². The predicted molar refractivity (Wildman–Crippen MR) is 81.5 cm³/mol. The van der Waals surface area contributed by atoms with Gasteiger partial charge < -0.3 is 5.32 Å². The second-order valence-electron chi connectivity index (χ2n) is 4.97. The summed E-state index contributed by atoms with van der Waals surface area (Å²) in [6.45, 7) is 0.999. The number of fused-ring (bicyclic) bond motifs is 1. The van der Waals surface area contributed by atoms with Crippen LogP contribution in [0.4, 0.5) is 0 Å². The summed E-state index contributed by atoms with van der Waals surface area (Å²) in [6.07, 6.45) is 3.44. The number of nitrogens with one attached hydrogen (secondary N) is 1. The molecule has 0 amide bonds. The Hall–Kier alpha value is -1.04. The molecule has 0 bridgehead atoms. The minimum absolute atomic E-state index is 0.248. The number of aromatic nitrogens is 2. The number of halogens is 1. The maximum absolute atomic E-state index is 12.5. The Labute approximate surface area is 125 Å². The van der Waals surface area contributed by atoms with Crippen molar-refractivity contribution >= 4 is 33.4 Å². The fourth-order valence-corrected chi connectivity index (χ4v) is 4.07. The van der Waals surface area contributed by atoms with Crippen molar-refractivity contribution in [3.05, 3.63) is 29.4 Å². The van der Waals surface area contributed by atoms with Gasteiger partial charge in [0.1, 0.15) is 0 Å². The van der Waals surface area contributed by atoms with Crippen molar-refractivity contribution in [2.24, 2.45) is 0 Å². The monoisotopic (exact) mass is 309 g/mol. The van der Waals surface area contributed by atoms with Crippen molar-refractivity contribution in [3.8, 4) is 0 Å². The first kappa shape index (κ1) is 13.9. The first-order valence-corrected chi connectivity index (χ1v) is 8.48. The van der Waals surface area contributed by atoms with Gasteiger partial charge in [0.05, 0.1) is 21.8 Å². The molecule has 0 spiro atoms. The van der Waals surface area contributed by atoms with Crippen molar-refractivity contribution < 1.29 is 4.21 Å². The van der Waals surface area contributed by atoms with Crippen LogP contribution in [0.15, 0.2) is 29.3 Å².